The van der Waals surface area contributed by atoms with Gasteiger partial charge in [0.2, 0.25) is 0 Å². The summed E-state index contributed by atoms with van der Waals surface area (Å²) in [6.07, 6.45) is 5.89. The molecule has 3 heteroatoms. The molecule has 0 unspecified atom stereocenters. The lowest BCUT2D eigenvalue weighted by Crippen LogP contribution is -2.15. The van der Waals surface area contributed by atoms with Crippen LogP contribution in [0.3, 0.4) is 0 Å². The van der Waals surface area contributed by atoms with Crippen molar-refractivity contribution in [1.29, 1.82) is 0 Å². The van der Waals surface area contributed by atoms with Gasteiger partial charge >= 0.3 is 0 Å². The van der Waals surface area contributed by atoms with E-state index >= 15 is 0 Å². The highest BCUT2D eigenvalue weighted by Gasteiger charge is 2.07. The third-order valence-corrected chi connectivity index (χ3v) is 4.04. The van der Waals surface area contributed by atoms with E-state index in [4.69, 9.17) is 0 Å². The zero-order valence-corrected chi connectivity index (χ0v) is 13.6. The van der Waals surface area contributed by atoms with Crippen molar-refractivity contribution in [3.05, 3.63) is 84.3 Å². The number of nitrogens with zero attached hydrogens (tertiary/aromatic N) is 2. The summed E-state index contributed by atoms with van der Waals surface area (Å²) >= 11 is 0. The molecular formula is C20H21N3. The van der Waals surface area contributed by atoms with Crippen LogP contribution in [0.2, 0.25) is 0 Å². The molecule has 3 rings (SSSR count). The molecule has 1 N–H and O–H groups in total. The maximum Gasteiger partial charge on any atom is 0.137 e. The number of fused-ring (bicyclic) bond motifs is 1. The molecule has 23 heavy (non-hydrogen) atoms. The first-order valence-electron chi connectivity index (χ1n) is 7.70. The van der Waals surface area contributed by atoms with Crippen molar-refractivity contribution in [3.63, 3.8) is 0 Å². The summed E-state index contributed by atoms with van der Waals surface area (Å²) in [5, 5.41) is 1.10. The van der Waals surface area contributed by atoms with E-state index in [1.165, 1.54) is 11.3 Å². The zero-order valence-electron chi connectivity index (χ0n) is 13.6. The Morgan fingerprint density at radius 2 is 2.00 bits per heavy atom. The largest absolute Gasteiger partial charge is 0.374 e. The van der Waals surface area contributed by atoms with Crippen LogP contribution in [0.25, 0.3) is 16.6 Å². The predicted octanol–water partition coefficient (Wildman–Crippen LogP) is 4.61. The standard InChI is InChI=1S/C20H21N3/c1-15(19-13-22-20-18(19)10-7-11-21-20)12-16(2)23(3)14-17-8-5-4-6-9-17/h4-13H,1,14H2,2-3H3,(H,21,22)/b16-12+. The number of hydrogen-bond donors (Lipinski definition) is 1. The van der Waals surface area contributed by atoms with E-state index in [1.807, 2.05) is 18.3 Å². The third kappa shape index (κ3) is 3.34. The molecule has 0 saturated carbocycles. The average molecular weight is 303 g/mol. The molecule has 1 aromatic carbocycles. The topological polar surface area (TPSA) is 31.9 Å². The van der Waals surface area contributed by atoms with E-state index in [0.717, 1.165) is 28.7 Å². The first kappa shape index (κ1) is 15.1. The number of H-pyrrole nitrogens is 1. The van der Waals surface area contributed by atoms with Gasteiger partial charge in [0.1, 0.15) is 5.65 Å². The second-order valence-electron chi connectivity index (χ2n) is 5.75. The molecule has 0 spiro atoms. The van der Waals surface area contributed by atoms with Crippen LogP contribution in [0, 0.1) is 0 Å². The van der Waals surface area contributed by atoms with Crippen molar-refractivity contribution in [3.8, 4) is 0 Å². The van der Waals surface area contributed by atoms with Crippen molar-refractivity contribution in [1.82, 2.24) is 14.9 Å². The molecule has 0 amide bonds. The van der Waals surface area contributed by atoms with Crippen molar-refractivity contribution >= 4 is 16.6 Å². The minimum Gasteiger partial charge on any atom is -0.374 e. The number of aromatic nitrogens is 2. The van der Waals surface area contributed by atoms with Gasteiger partial charge in [-0.2, -0.15) is 0 Å². The van der Waals surface area contributed by atoms with Gasteiger partial charge in [-0.05, 0) is 36.3 Å². The van der Waals surface area contributed by atoms with Gasteiger partial charge in [0, 0.05) is 42.6 Å². The average Bonchev–Trinajstić information content (AvgIpc) is 2.99. The van der Waals surface area contributed by atoms with Crippen LogP contribution in [0.15, 0.2) is 73.2 Å². The minimum atomic E-state index is 0.881. The van der Waals surface area contributed by atoms with Gasteiger partial charge in [0.25, 0.3) is 0 Å². The lowest BCUT2D eigenvalue weighted by Gasteiger charge is -2.20. The summed E-state index contributed by atoms with van der Waals surface area (Å²) in [5.41, 5.74) is 5.45. The third-order valence-electron chi connectivity index (χ3n) is 4.04. The van der Waals surface area contributed by atoms with Crippen LogP contribution in [-0.4, -0.2) is 21.9 Å². The molecule has 0 saturated heterocycles. The second kappa shape index (κ2) is 6.53. The first-order chi connectivity index (χ1) is 11.1. The number of hydrogen-bond acceptors (Lipinski definition) is 2. The molecule has 2 aromatic heterocycles. The molecule has 0 aliphatic rings. The first-order valence-corrected chi connectivity index (χ1v) is 7.70. The summed E-state index contributed by atoms with van der Waals surface area (Å²) in [6.45, 7) is 7.22. The summed E-state index contributed by atoms with van der Waals surface area (Å²) < 4.78 is 0. The summed E-state index contributed by atoms with van der Waals surface area (Å²) in [4.78, 5) is 9.75. The smallest absolute Gasteiger partial charge is 0.137 e. The highest BCUT2D eigenvalue weighted by atomic mass is 15.1. The van der Waals surface area contributed by atoms with Crippen molar-refractivity contribution < 1.29 is 0 Å². The Bertz CT molecular complexity index is 843. The number of nitrogens with one attached hydrogen (secondary N) is 1. The fourth-order valence-corrected chi connectivity index (χ4v) is 2.64. The molecule has 3 nitrogen and oxygen atoms in total. The van der Waals surface area contributed by atoms with Gasteiger partial charge in [0.05, 0.1) is 0 Å². The van der Waals surface area contributed by atoms with Crippen LogP contribution in [-0.2, 0) is 6.54 Å². The maximum absolute atomic E-state index is 4.33. The number of allylic oxidation sites excluding steroid dienone is 3. The predicted molar refractivity (Wildman–Crippen MR) is 96.8 cm³/mol. The Labute approximate surface area is 137 Å². The molecule has 0 radical (unpaired) electrons. The molecule has 116 valence electrons. The molecule has 0 aliphatic carbocycles. The Hall–Kier alpha value is -2.81. The van der Waals surface area contributed by atoms with Gasteiger partial charge in [-0.15, -0.1) is 0 Å². The monoisotopic (exact) mass is 303 g/mol. The Morgan fingerprint density at radius 3 is 2.78 bits per heavy atom. The van der Waals surface area contributed by atoms with E-state index in [1.54, 1.807) is 6.20 Å². The van der Waals surface area contributed by atoms with E-state index < -0.39 is 0 Å². The fourth-order valence-electron chi connectivity index (χ4n) is 2.64. The second-order valence-corrected chi connectivity index (χ2v) is 5.75. The van der Waals surface area contributed by atoms with Gasteiger partial charge in [-0.3, -0.25) is 0 Å². The lowest BCUT2D eigenvalue weighted by atomic mass is 10.1. The van der Waals surface area contributed by atoms with E-state index in [2.05, 4.69) is 71.8 Å². The molecular weight excluding hydrogens is 282 g/mol. The number of pyridine rings is 1. The van der Waals surface area contributed by atoms with Crippen LogP contribution >= 0.6 is 0 Å². The number of benzene rings is 1. The van der Waals surface area contributed by atoms with Gasteiger partial charge in [-0.25, -0.2) is 4.98 Å². The molecule has 0 fully saturated rings. The summed E-state index contributed by atoms with van der Waals surface area (Å²) in [6, 6.07) is 14.5. The highest BCUT2D eigenvalue weighted by molar-refractivity contribution is 5.92. The SMILES string of the molecule is C=C(/C=C(\C)N(C)Cc1ccccc1)c1c[nH]c2ncccc12. The lowest BCUT2D eigenvalue weighted by molar-refractivity contribution is 0.413. The molecule has 3 aromatic rings. The van der Waals surface area contributed by atoms with Crippen LogP contribution < -0.4 is 0 Å². The fraction of sp³-hybridized carbons (Fsp3) is 0.150. The molecule has 0 aliphatic heterocycles. The summed E-state index contributed by atoms with van der Waals surface area (Å²) in [5.74, 6) is 0. The molecule has 2 heterocycles. The van der Waals surface area contributed by atoms with Crippen LogP contribution in [0.1, 0.15) is 18.1 Å². The van der Waals surface area contributed by atoms with Crippen molar-refractivity contribution in [2.75, 3.05) is 7.05 Å². The van der Waals surface area contributed by atoms with Gasteiger partial charge < -0.3 is 9.88 Å². The quantitative estimate of drug-likeness (QED) is 0.698. The Morgan fingerprint density at radius 1 is 1.22 bits per heavy atom. The number of aromatic amines is 1. The Kier molecular flexibility index (Phi) is 4.29. The van der Waals surface area contributed by atoms with Crippen LogP contribution in [0.5, 0.6) is 0 Å². The van der Waals surface area contributed by atoms with Gasteiger partial charge in [0.15, 0.2) is 0 Å². The van der Waals surface area contributed by atoms with E-state index in [-0.39, 0.29) is 0 Å². The van der Waals surface area contributed by atoms with Crippen LogP contribution in [0.4, 0.5) is 0 Å². The molecule has 0 bridgehead atoms. The van der Waals surface area contributed by atoms with Crippen molar-refractivity contribution in [2.45, 2.75) is 13.5 Å². The number of rotatable bonds is 5. The maximum atomic E-state index is 4.33. The van der Waals surface area contributed by atoms with Gasteiger partial charge in [-0.1, -0.05) is 36.9 Å². The summed E-state index contributed by atoms with van der Waals surface area (Å²) in [7, 11) is 2.10. The normalized spacial score (nSPS) is 11.7. The van der Waals surface area contributed by atoms with E-state index in [0.29, 0.717) is 0 Å². The highest BCUT2D eigenvalue weighted by Crippen LogP contribution is 2.24. The Balaban J connectivity index is 1.78. The molecule has 0 atom stereocenters. The van der Waals surface area contributed by atoms with Crippen molar-refractivity contribution in [2.24, 2.45) is 0 Å². The minimum absolute atomic E-state index is 0.881. The zero-order chi connectivity index (χ0) is 16.2. The van der Waals surface area contributed by atoms with E-state index in [9.17, 15) is 0 Å².